The van der Waals surface area contributed by atoms with Crippen LogP contribution >= 0.6 is 15.9 Å². The number of rotatable bonds is 5. The molecule has 0 spiro atoms. The first-order chi connectivity index (χ1) is 9.19. The van der Waals surface area contributed by atoms with Crippen molar-refractivity contribution in [3.05, 3.63) is 58.3 Å². The summed E-state index contributed by atoms with van der Waals surface area (Å²) in [5, 5.41) is 0. The zero-order valence-corrected chi connectivity index (χ0v) is 12.2. The number of ketones is 1. The molecule has 0 atom stereocenters. The second kappa shape index (κ2) is 6.48. The van der Waals surface area contributed by atoms with Gasteiger partial charge in [-0.05, 0) is 35.4 Å². The van der Waals surface area contributed by atoms with Gasteiger partial charge in [0.15, 0.2) is 0 Å². The van der Waals surface area contributed by atoms with Gasteiger partial charge in [0.25, 0.3) is 0 Å². The van der Waals surface area contributed by atoms with Crippen LogP contribution in [0.1, 0.15) is 11.1 Å². The fourth-order valence-electron chi connectivity index (χ4n) is 1.82. The van der Waals surface area contributed by atoms with Crippen LogP contribution in [0.15, 0.2) is 47.2 Å². The Hall–Kier alpha value is -1.68. The normalized spacial score (nSPS) is 10.2. The second-order valence-corrected chi connectivity index (χ2v) is 5.07. The van der Waals surface area contributed by atoms with Crippen LogP contribution in [0.25, 0.3) is 0 Å². The number of carbonyl (C=O) groups is 1. The van der Waals surface area contributed by atoms with Crippen LogP contribution < -0.4 is 4.74 Å². The highest BCUT2D eigenvalue weighted by molar-refractivity contribution is 9.10. The highest BCUT2D eigenvalue weighted by Crippen LogP contribution is 2.23. The van der Waals surface area contributed by atoms with E-state index in [2.05, 4.69) is 20.9 Å². The molecule has 0 saturated heterocycles. The van der Waals surface area contributed by atoms with E-state index in [0.29, 0.717) is 12.8 Å². The summed E-state index contributed by atoms with van der Waals surface area (Å²) in [4.78, 5) is 16.1. The molecule has 0 fully saturated rings. The molecule has 2 rings (SSSR count). The number of hydrogen-bond acceptors (Lipinski definition) is 3. The van der Waals surface area contributed by atoms with Gasteiger partial charge in [0, 0.05) is 29.7 Å². The van der Waals surface area contributed by atoms with Gasteiger partial charge in [0.2, 0.25) is 0 Å². The summed E-state index contributed by atoms with van der Waals surface area (Å²) < 4.78 is 6.09. The van der Waals surface area contributed by atoms with Gasteiger partial charge in [0.1, 0.15) is 11.5 Å². The van der Waals surface area contributed by atoms with Gasteiger partial charge in [-0.1, -0.05) is 22.0 Å². The molecule has 0 amide bonds. The lowest BCUT2D eigenvalue weighted by atomic mass is 10.0. The second-order valence-electron chi connectivity index (χ2n) is 4.21. The minimum absolute atomic E-state index is 0.155. The van der Waals surface area contributed by atoms with Crippen LogP contribution in [0.3, 0.4) is 0 Å². The van der Waals surface area contributed by atoms with Crippen molar-refractivity contribution in [1.82, 2.24) is 4.98 Å². The van der Waals surface area contributed by atoms with Gasteiger partial charge in [0.05, 0.1) is 7.11 Å². The van der Waals surface area contributed by atoms with Crippen molar-refractivity contribution in [2.75, 3.05) is 7.11 Å². The summed E-state index contributed by atoms with van der Waals surface area (Å²) in [5.41, 5.74) is 1.87. The van der Waals surface area contributed by atoms with Crippen LogP contribution in [0.4, 0.5) is 0 Å². The monoisotopic (exact) mass is 319 g/mol. The lowest BCUT2D eigenvalue weighted by Crippen LogP contribution is -2.07. The maximum atomic E-state index is 12.0. The number of Topliss-reactive ketones (excluding diaryl/α,β-unsaturated/α-hetero) is 1. The molecular formula is C15H14BrNO2. The predicted octanol–water partition coefficient (Wildman–Crippen LogP) is 3.21. The van der Waals surface area contributed by atoms with Crippen molar-refractivity contribution < 1.29 is 9.53 Å². The van der Waals surface area contributed by atoms with Gasteiger partial charge in [-0.3, -0.25) is 9.78 Å². The quantitative estimate of drug-likeness (QED) is 0.849. The van der Waals surface area contributed by atoms with Crippen molar-refractivity contribution >= 4 is 21.7 Å². The third kappa shape index (κ3) is 3.89. The fraction of sp³-hybridized carbons (Fsp3) is 0.200. The first-order valence-electron chi connectivity index (χ1n) is 5.92. The number of aromatic nitrogens is 1. The van der Waals surface area contributed by atoms with E-state index in [9.17, 15) is 4.79 Å². The number of nitrogens with zero attached hydrogens (tertiary/aromatic N) is 1. The number of pyridine rings is 1. The lowest BCUT2D eigenvalue weighted by molar-refractivity contribution is -0.117. The summed E-state index contributed by atoms with van der Waals surface area (Å²) in [7, 11) is 1.62. The molecule has 3 nitrogen and oxygen atoms in total. The van der Waals surface area contributed by atoms with Crippen LogP contribution in [0.2, 0.25) is 0 Å². The number of ether oxygens (including phenoxy) is 1. The molecule has 98 valence electrons. The van der Waals surface area contributed by atoms with E-state index >= 15 is 0 Å². The van der Waals surface area contributed by atoms with Crippen molar-refractivity contribution in [3.8, 4) is 5.75 Å². The Morgan fingerprint density at radius 2 is 2.16 bits per heavy atom. The number of benzene rings is 1. The van der Waals surface area contributed by atoms with Crippen molar-refractivity contribution in [2.45, 2.75) is 12.8 Å². The first-order valence-corrected chi connectivity index (χ1v) is 6.71. The molecule has 1 heterocycles. The number of halogens is 1. The molecule has 0 N–H and O–H groups in total. The van der Waals surface area contributed by atoms with Crippen molar-refractivity contribution in [2.24, 2.45) is 0 Å². The van der Waals surface area contributed by atoms with E-state index in [1.54, 1.807) is 19.5 Å². The molecule has 0 aliphatic heterocycles. The Morgan fingerprint density at radius 3 is 2.84 bits per heavy atom. The molecule has 0 aliphatic rings. The van der Waals surface area contributed by atoms with Crippen molar-refractivity contribution in [1.29, 1.82) is 0 Å². The molecular weight excluding hydrogens is 306 g/mol. The van der Waals surface area contributed by atoms with Crippen LogP contribution in [0.5, 0.6) is 5.75 Å². The summed E-state index contributed by atoms with van der Waals surface area (Å²) in [6.45, 7) is 0. The molecule has 0 radical (unpaired) electrons. The SMILES string of the molecule is COc1ccc(Br)c(CC(=O)Cc2cccnc2)c1. The molecule has 0 aliphatic carbocycles. The molecule has 1 aromatic carbocycles. The van der Waals surface area contributed by atoms with Crippen LogP contribution in [-0.2, 0) is 17.6 Å². The average Bonchev–Trinajstić information content (AvgIpc) is 2.42. The van der Waals surface area contributed by atoms with Gasteiger partial charge in [-0.2, -0.15) is 0 Å². The molecule has 2 aromatic rings. The summed E-state index contributed by atoms with van der Waals surface area (Å²) >= 11 is 3.45. The third-order valence-electron chi connectivity index (χ3n) is 2.76. The topological polar surface area (TPSA) is 39.2 Å². The summed E-state index contributed by atoms with van der Waals surface area (Å²) in [6.07, 6.45) is 4.20. The molecule has 0 bridgehead atoms. The molecule has 1 aromatic heterocycles. The Kier molecular flexibility index (Phi) is 4.68. The van der Waals surface area contributed by atoms with Crippen LogP contribution in [0, 0.1) is 0 Å². The molecule has 0 saturated carbocycles. The largest absolute Gasteiger partial charge is 0.497 e. The number of carbonyl (C=O) groups excluding carboxylic acids is 1. The molecule has 19 heavy (non-hydrogen) atoms. The van der Waals surface area contributed by atoms with Gasteiger partial charge in [-0.25, -0.2) is 0 Å². The summed E-state index contributed by atoms with van der Waals surface area (Å²) in [6, 6.07) is 9.38. The maximum absolute atomic E-state index is 12.0. The maximum Gasteiger partial charge on any atom is 0.141 e. The van der Waals surface area contributed by atoms with Crippen LogP contribution in [-0.4, -0.2) is 17.9 Å². The smallest absolute Gasteiger partial charge is 0.141 e. The Bertz CT molecular complexity index is 570. The summed E-state index contributed by atoms with van der Waals surface area (Å²) in [5.74, 6) is 0.911. The standard InChI is InChI=1S/C15H14BrNO2/c1-19-14-4-5-15(16)12(9-14)8-13(18)7-11-3-2-6-17-10-11/h2-6,9-10H,7-8H2,1H3. The van der Waals surface area contributed by atoms with E-state index in [1.165, 1.54) is 0 Å². The van der Waals surface area contributed by atoms with Gasteiger partial charge >= 0.3 is 0 Å². The Labute approximate surface area is 120 Å². The molecule has 4 heteroatoms. The van der Waals surface area contributed by atoms with E-state index in [-0.39, 0.29) is 5.78 Å². The van der Waals surface area contributed by atoms with Crippen molar-refractivity contribution in [3.63, 3.8) is 0 Å². The number of methoxy groups -OCH3 is 1. The average molecular weight is 320 g/mol. The zero-order valence-electron chi connectivity index (χ0n) is 10.6. The van der Waals surface area contributed by atoms with E-state index in [4.69, 9.17) is 4.74 Å². The van der Waals surface area contributed by atoms with E-state index < -0.39 is 0 Å². The fourth-order valence-corrected chi connectivity index (χ4v) is 2.21. The lowest BCUT2D eigenvalue weighted by Gasteiger charge is -2.07. The Morgan fingerprint density at radius 1 is 1.32 bits per heavy atom. The predicted molar refractivity (Wildman–Crippen MR) is 77.3 cm³/mol. The van der Waals surface area contributed by atoms with E-state index in [0.717, 1.165) is 21.3 Å². The Balaban J connectivity index is 2.06. The zero-order chi connectivity index (χ0) is 13.7. The highest BCUT2D eigenvalue weighted by atomic mass is 79.9. The van der Waals surface area contributed by atoms with E-state index in [1.807, 2.05) is 30.3 Å². The first kappa shape index (κ1) is 13.7. The van der Waals surface area contributed by atoms with Gasteiger partial charge in [-0.15, -0.1) is 0 Å². The number of hydrogen-bond donors (Lipinski definition) is 0. The third-order valence-corrected chi connectivity index (χ3v) is 3.54. The molecule has 0 unspecified atom stereocenters. The minimum atomic E-state index is 0.155. The minimum Gasteiger partial charge on any atom is -0.497 e. The highest BCUT2D eigenvalue weighted by Gasteiger charge is 2.09. The van der Waals surface area contributed by atoms with Gasteiger partial charge < -0.3 is 4.74 Å².